The van der Waals surface area contributed by atoms with Crippen LogP contribution in [0.25, 0.3) is 11.0 Å². The van der Waals surface area contributed by atoms with Crippen molar-refractivity contribution in [3.8, 4) is 0 Å². The Morgan fingerprint density at radius 3 is 3.08 bits per heavy atom. The molecular formula is C10H11NO2. The topological polar surface area (TPSA) is 48.4 Å². The number of benzene rings is 1. The van der Waals surface area contributed by atoms with E-state index in [1.807, 2.05) is 18.2 Å². The molecule has 1 heterocycles. The number of fused-ring (bicyclic) bond motifs is 1. The lowest BCUT2D eigenvalue weighted by Gasteiger charge is -1.98. The lowest BCUT2D eigenvalue weighted by molar-refractivity contribution is 0.185. The Kier molecular flexibility index (Phi) is 1.94. The van der Waals surface area contributed by atoms with Crippen molar-refractivity contribution in [3.05, 3.63) is 30.0 Å². The predicted octanol–water partition coefficient (Wildman–Crippen LogP) is 2.16. The van der Waals surface area contributed by atoms with Crippen LogP contribution in [0.2, 0.25) is 0 Å². The Morgan fingerprint density at radius 2 is 2.31 bits per heavy atom. The zero-order valence-electron chi connectivity index (χ0n) is 7.41. The molecule has 0 radical (unpaired) electrons. The minimum absolute atomic E-state index is 0.529. The van der Waals surface area contributed by atoms with E-state index in [0.717, 1.165) is 22.2 Å². The molecule has 0 fully saturated rings. The standard InChI is InChI=1S/C10H11NO2/c1-12-5-7-6-13-9-4-2-3-8(11)10(7)9/h2-4,6H,5,11H2,1H3. The smallest absolute Gasteiger partial charge is 0.136 e. The summed E-state index contributed by atoms with van der Waals surface area (Å²) in [5, 5.41) is 0.962. The van der Waals surface area contributed by atoms with E-state index in [2.05, 4.69) is 0 Å². The lowest BCUT2D eigenvalue weighted by atomic mass is 10.1. The van der Waals surface area contributed by atoms with Gasteiger partial charge in [-0.3, -0.25) is 0 Å². The van der Waals surface area contributed by atoms with Crippen LogP contribution in [-0.2, 0) is 11.3 Å². The zero-order chi connectivity index (χ0) is 9.26. The highest BCUT2D eigenvalue weighted by atomic mass is 16.5. The molecule has 0 saturated carbocycles. The van der Waals surface area contributed by atoms with Gasteiger partial charge >= 0.3 is 0 Å². The van der Waals surface area contributed by atoms with Gasteiger partial charge in [-0.05, 0) is 12.1 Å². The van der Waals surface area contributed by atoms with E-state index in [4.69, 9.17) is 14.9 Å². The summed E-state index contributed by atoms with van der Waals surface area (Å²) in [7, 11) is 1.65. The first-order valence-electron chi connectivity index (χ1n) is 4.06. The molecular weight excluding hydrogens is 166 g/mol. The van der Waals surface area contributed by atoms with Gasteiger partial charge in [0.1, 0.15) is 5.58 Å². The van der Waals surface area contributed by atoms with Crippen LogP contribution in [0.15, 0.2) is 28.9 Å². The second-order valence-electron chi connectivity index (χ2n) is 2.91. The second kappa shape index (κ2) is 3.11. The molecule has 0 bridgehead atoms. The molecule has 2 aromatic rings. The normalized spacial score (nSPS) is 10.8. The number of methoxy groups -OCH3 is 1. The van der Waals surface area contributed by atoms with E-state index in [-0.39, 0.29) is 0 Å². The molecule has 3 nitrogen and oxygen atoms in total. The first kappa shape index (κ1) is 8.13. The molecule has 0 amide bonds. The molecule has 0 spiro atoms. The van der Waals surface area contributed by atoms with Crippen molar-refractivity contribution < 1.29 is 9.15 Å². The van der Waals surface area contributed by atoms with Crippen LogP contribution in [0.1, 0.15) is 5.56 Å². The number of hydrogen-bond acceptors (Lipinski definition) is 3. The number of hydrogen-bond donors (Lipinski definition) is 1. The summed E-state index contributed by atoms with van der Waals surface area (Å²) in [6, 6.07) is 5.62. The maximum Gasteiger partial charge on any atom is 0.136 e. The average molecular weight is 177 g/mol. The van der Waals surface area contributed by atoms with Crippen molar-refractivity contribution in [3.63, 3.8) is 0 Å². The summed E-state index contributed by atoms with van der Waals surface area (Å²) >= 11 is 0. The van der Waals surface area contributed by atoms with Crippen molar-refractivity contribution >= 4 is 16.7 Å². The second-order valence-corrected chi connectivity index (χ2v) is 2.91. The molecule has 0 aliphatic rings. The van der Waals surface area contributed by atoms with Crippen LogP contribution in [-0.4, -0.2) is 7.11 Å². The summed E-state index contributed by atoms with van der Waals surface area (Å²) < 4.78 is 10.4. The molecule has 13 heavy (non-hydrogen) atoms. The number of ether oxygens (including phenoxy) is 1. The molecule has 68 valence electrons. The Hall–Kier alpha value is -1.48. The highest BCUT2D eigenvalue weighted by Crippen LogP contribution is 2.26. The van der Waals surface area contributed by atoms with Gasteiger partial charge in [0.2, 0.25) is 0 Å². The van der Waals surface area contributed by atoms with E-state index >= 15 is 0 Å². The number of nitrogens with two attached hydrogens (primary N) is 1. The van der Waals surface area contributed by atoms with Gasteiger partial charge in [0.05, 0.1) is 12.9 Å². The summed E-state index contributed by atoms with van der Waals surface area (Å²) in [5.74, 6) is 0. The highest BCUT2D eigenvalue weighted by molar-refractivity contribution is 5.92. The van der Waals surface area contributed by atoms with Crippen molar-refractivity contribution in [2.45, 2.75) is 6.61 Å². The third kappa shape index (κ3) is 1.27. The lowest BCUT2D eigenvalue weighted by Crippen LogP contribution is -1.89. The van der Waals surface area contributed by atoms with E-state index in [1.165, 1.54) is 0 Å². The van der Waals surface area contributed by atoms with Crippen molar-refractivity contribution in [2.75, 3.05) is 12.8 Å². The van der Waals surface area contributed by atoms with Crippen LogP contribution >= 0.6 is 0 Å². The van der Waals surface area contributed by atoms with Crippen LogP contribution in [0.4, 0.5) is 5.69 Å². The summed E-state index contributed by atoms with van der Waals surface area (Å²) in [6.45, 7) is 0.529. The Balaban J connectivity index is 2.64. The van der Waals surface area contributed by atoms with Crippen molar-refractivity contribution in [1.29, 1.82) is 0 Å². The van der Waals surface area contributed by atoms with E-state index in [9.17, 15) is 0 Å². The maximum absolute atomic E-state index is 5.82. The molecule has 3 heteroatoms. The number of furan rings is 1. The average Bonchev–Trinajstić information content (AvgIpc) is 2.51. The quantitative estimate of drug-likeness (QED) is 0.715. The minimum Gasteiger partial charge on any atom is -0.464 e. The molecule has 2 rings (SSSR count). The fourth-order valence-electron chi connectivity index (χ4n) is 1.45. The molecule has 1 aromatic heterocycles. The van der Waals surface area contributed by atoms with E-state index < -0.39 is 0 Å². The van der Waals surface area contributed by atoms with Gasteiger partial charge in [0, 0.05) is 23.7 Å². The maximum atomic E-state index is 5.82. The fourth-order valence-corrected chi connectivity index (χ4v) is 1.45. The van der Waals surface area contributed by atoms with Gasteiger partial charge in [-0.2, -0.15) is 0 Å². The van der Waals surface area contributed by atoms with Crippen LogP contribution in [0, 0.1) is 0 Å². The predicted molar refractivity (Wildman–Crippen MR) is 51.3 cm³/mol. The third-order valence-electron chi connectivity index (χ3n) is 2.01. The monoisotopic (exact) mass is 177 g/mol. The SMILES string of the molecule is COCc1coc2cccc(N)c12. The van der Waals surface area contributed by atoms with Gasteiger partial charge in [-0.1, -0.05) is 6.07 Å². The molecule has 0 atom stereocenters. The largest absolute Gasteiger partial charge is 0.464 e. The Labute approximate surface area is 76.1 Å². The number of rotatable bonds is 2. The zero-order valence-corrected chi connectivity index (χ0v) is 7.41. The number of nitrogen functional groups attached to an aromatic ring is 1. The summed E-state index contributed by atoms with van der Waals surface area (Å²) in [6.07, 6.45) is 1.69. The first-order chi connectivity index (χ1) is 6.33. The van der Waals surface area contributed by atoms with Gasteiger partial charge < -0.3 is 14.9 Å². The van der Waals surface area contributed by atoms with Crippen LogP contribution < -0.4 is 5.73 Å². The first-order valence-corrected chi connectivity index (χ1v) is 4.06. The summed E-state index contributed by atoms with van der Waals surface area (Å²) in [5.41, 5.74) is 8.36. The van der Waals surface area contributed by atoms with Gasteiger partial charge in [0.25, 0.3) is 0 Å². The number of anilines is 1. The van der Waals surface area contributed by atoms with Gasteiger partial charge in [0.15, 0.2) is 0 Å². The molecule has 1 aromatic carbocycles. The van der Waals surface area contributed by atoms with Crippen LogP contribution in [0.3, 0.4) is 0 Å². The van der Waals surface area contributed by atoms with E-state index in [1.54, 1.807) is 13.4 Å². The van der Waals surface area contributed by atoms with Gasteiger partial charge in [-0.25, -0.2) is 0 Å². The molecule has 0 unspecified atom stereocenters. The molecule has 2 N–H and O–H groups in total. The molecule has 0 aliphatic carbocycles. The van der Waals surface area contributed by atoms with Crippen molar-refractivity contribution in [2.24, 2.45) is 0 Å². The Bertz CT molecular complexity index is 420. The summed E-state index contributed by atoms with van der Waals surface area (Å²) in [4.78, 5) is 0. The minimum atomic E-state index is 0.529. The molecule has 0 aliphatic heterocycles. The van der Waals surface area contributed by atoms with Crippen LogP contribution in [0.5, 0.6) is 0 Å². The highest BCUT2D eigenvalue weighted by Gasteiger charge is 2.07. The van der Waals surface area contributed by atoms with E-state index in [0.29, 0.717) is 6.61 Å². The Morgan fingerprint density at radius 1 is 1.46 bits per heavy atom. The fraction of sp³-hybridized carbons (Fsp3) is 0.200. The third-order valence-corrected chi connectivity index (χ3v) is 2.01. The molecule has 0 saturated heterocycles. The van der Waals surface area contributed by atoms with Crippen molar-refractivity contribution in [1.82, 2.24) is 0 Å². The van der Waals surface area contributed by atoms with Gasteiger partial charge in [-0.15, -0.1) is 0 Å².